The van der Waals surface area contributed by atoms with Gasteiger partial charge in [0.05, 0.1) is 18.5 Å². The van der Waals surface area contributed by atoms with Crippen LogP contribution in [0.25, 0.3) is 11.3 Å². The van der Waals surface area contributed by atoms with Crippen LogP contribution in [0.1, 0.15) is 31.7 Å². The molecule has 1 heterocycles. The van der Waals surface area contributed by atoms with Gasteiger partial charge in [-0.15, -0.1) is 11.3 Å². The number of thiazole rings is 1. The van der Waals surface area contributed by atoms with Crippen molar-refractivity contribution in [3.63, 3.8) is 0 Å². The Morgan fingerprint density at radius 1 is 1.11 bits per heavy atom. The van der Waals surface area contributed by atoms with Gasteiger partial charge in [-0.05, 0) is 60.5 Å². The Labute approximate surface area is 162 Å². The highest BCUT2D eigenvalue weighted by Gasteiger charge is 2.04. The molecule has 2 aromatic carbocycles. The van der Waals surface area contributed by atoms with E-state index in [0.717, 1.165) is 35.6 Å². The molecule has 0 atom stereocenters. The number of aromatic nitrogens is 1. The van der Waals surface area contributed by atoms with Crippen molar-refractivity contribution >= 4 is 22.7 Å². The van der Waals surface area contributed by atoms with Crippen LogP contribution in [0, 0.1) is 5.82 Å². The van der Waals surface area contributed by atoms with Gasteiger partial charge in [0.2, 0.25) is 5.13 Å². The van der Waals surface area contributed by atoms with Crippen molar-refractivity contribution in [3.8, 4) is 17.0 Å². The van der Waals surface area contributed by atoms with Gasteiger partial charge in [-0.3, -0.25) is 5.43 Å². The van der Waals surface area contributed by atoms with Crippen LogP contribution in [0.3, 0.4) is 0 Å². The minimum Gasteiger partial charge on any atom is -0.494 e. The maximum absolute atomic E-state index is 13.0. The van der Waals surface area contributed by atoms with Gasteiger partial charge in [0.1, 0.15) is 11.6 Å². The van der Waals surface area contributed by atoms with E-state index >= 15 is 0 Å². The summed E-state index contributed by atoms with van der Waals surface area (Å²) in [6.45, 7) is 2.93. The second-order valence-electron chi connectivity index (χ2n) is 6.04. The quantitative estimate of drug-likeness (QED) is 0.281. The normalized spacial score (nSPS) is 11.0. The topological polar surface area (TPSA) is 46.5 Å². The van der Waals surface area contributed by atoms with Gasteiger partial charge in [0.15, 0.2) is 0 Å². The maximum Gasteiger partial charge on any atom is 0.203 e. The first kappa shape index (κ1) is 19.0. The third kappa shape index (κ3) is 5.89. The van der Waals surface area contributed by atoms with Crippen LogP contribution in [-0.2, 0) is 0 Å². The van der Waals surface area contributed by atoms with Gasteiger partial charge in [0.25, 0.3) is 0 Å². The first-order chi connectivity index (χ1) is 13.2. The predicted octanol–water partition coefficient (Wildman–Crippen LogP) is 5.96. The lowest BCUT2D eigenvalue weighted by Gasteiger charge is -2.05. The second-order valence-corrected chi connectivity index (χ2v) is 6.90. The molecule has 0 aliphatic heterocycles. The Morgan fingerprint density at radius 2 is 1.89 bits per heavy atom. The lowest BCUT2D eigenvalue weighted by Crippen LogP contribution is -1.97. The van der Waals surface area contributed by atoms with E-state index in [-0.39, 0.29) is 5.82 Å². The number of hydrogen-bond donors (Lipinski definition) is 1. The van der Waals surface area contributed by atoms with Gasteiger partial charge in [-0.2, -0.15) is 5.10 Å². The minimum atomic E-state index is -0.255. The van der Waals surface area contributed by atoms with Crippen molar-refractivity contribution in [1.29, 1.82) is 0 Å². The Kier molecular flexibility index (Phi) is 6.93. The third-order valence-electron chi connectivity index (χ3n) is 3.91. The van der Waals surface area contributed by atoms with Crippen LogP contribution >= 0.6 is 11.3 Å². The fraction of sp³-hybridized carbons (Fsp3) is 0.238. The Balaban J connectivity index is 1.51. The molecule has 3 rings (SSSR count). The van der Waals surface area contributed by atoms with Crippen LogP contribution in [0.4, 0.5) is 9.52 Å². The zero-order valence-electron chi connectivity index (χ0n) is 15.2. The Morgan fingerprint density at radius 3 is 2.63 bits per heavy atom. The molecule has 1 aromatic heterocycles. The summed E-state index contributed by atoms with van der Waals surface area (Å²) >= 11 is 1.45. The smallest absolute Gasteiger partial charge is 0.203 e. The molecule has 4 nitrogen and oxygen atoms in total. The van der Waals surface area contributed by atoms with Crippen molar-refractivity contribution < 1.29 is 9.13 Å². The lowest BCUT2D eigenvalue weighted by molar-refractivity contribution is 0.306. The number of ether oxygens (including phenoxy) is 1. The lowest BCUT2D eigenvalue weighted by atomic mass is 10.2. The minimum absolute atomic E-state index is 0.255. The third-order valence-corrected chi connectivity index (χ3v) is 4.66. The van der Waals surface area contributed by atoms with Crippen molar-refractivity contribution in [2.24, 2.45) is 5.10 Å². The van der Waals surface area contributed by atoms with E-state index in [4.69, 9.17) is 4.74 Å². The molecule has 0 amide bonds. The van der Waals surface area contributed by atoms with Gasteiger partial charge in [-0.25, -0.2) is 9.37 Å². The monoisotopic (exact) mass is 383 g/mol. The van der Waals surface area contributed by atoms with Crippen LogP contribution in [-0.4, -0.2) is 17.8 Å². The van der Waals surface area contributed by atoms with E-state index in [1.54, 1.807) is 18.3 Å². The summed E-state index contributed by atoms with van der Waals surface area (Å²) in [5, 5.41) is 6.82. The largest absolute Gasteiger partial charge is 0.494 e. The summed E-state index contributed by atoms with van der Waals surface area (Å²) < 4.78 is 18.7. The van der Waals surface area contributed by atoms with Crippen molar-refractivity contribution in [2.45, 2.75) is 26.2 Å². The molecule has 3 aromatic rings. The molecule has 0 radical (unpaired) electrons. The molecule has 0 unspecified atom stereocenters. The number of nitrogens with zero attached hydrogens (tertiary/aromatic N) is 2. The van der Waals surface area contributed by atoms with Gasteiger partial charge in [-0.1, -0.05) is 19.8 Å². The molecule has 0 saturated heterocycles. The summed E-state index contributed by atoms with van der Waals surface area (Å²) in [6.07, 6.45) is 5.20. The zero-order chi connectivity index (χ0) is 18.9. The fourth-order valence-electron chi connectivity index (χ4n) is 2.43. The molecule has 27 heavy (non-hydrogen) atoms. The number of nitrogens with one attached hydrogen (secondary N) is 1. The van der Waals surface area contributed by atoms with E-state index < -0.39 is 0 Å². The SMILES string of the molecule is CCCCCOc1ccc(/C=N\Nc2nc(-c3ccc(F)cc3)cs2)cc1. The predicted molar refractivity (Wildman–Crippen MR) is 110 cm³/mol. The molecular formula is C21H22FN3OS. The van der Waals surface area contributed by atoms with Crippen LogP contribution in [0.2, 0.25) is 0 Å². The second kappa shape index (κ2) is 9.83. The van der Waals surface area contributed by atoms with Crippen LogP contribution in [0.5, 0.6) is 5.75 Å². The van der Waals surface area contributed by atoms with E-state index in [1.165, 1.54) is 36.3 Å². The number of unbranched alkanes of at least 4 members (excludes halogenated alkanes) is 2. The highest BCUT2D eigenvalue weighted by molar-refractivity contribution is 7.14. The number of benzene rings is 2. The molecule has 1 N–H and O–H groups in total. The van der Waals surface area contributed by atoms with Crippen molar-refractivity contribution in [2.75, 3.05) is 12.0 Å². The summed E-state index contributed by atoms with van der Waals surface area (Å²) in [4.78, 5) is 4.46. The maximum atomic E-state index is 13.0. The van der Waals surface area contributed by atoms with E-state index in [9.17, 15) is 4.39 Å². The molecule has 6 heteroatoms. The van der Waals surface area contributed by atoms with E-state index in [0.29, 0.717) is 5.13 Å². The first-order valence-corrected chi connectivity index (χ1v) is 9.86. The molecular weight excluding hydrogens is 361 g/mol. The molecule has 0 spiro atoms. The molecule has 0 fully saturated rings. The number of hydrazone groups is 1. The summed E-state index contributed by atoms with van der Waals surface area (Å²) in [6, 6.07) is 14.1. The van der Waals surface area contributed by atoms with Gasteiger partial charge >= 0.3 is 0 Å². The first-order valence-electron chi connectivity index (χ1n) is 8.98. The average molecular weight is 383 g/mol. The molecule has 140 valence electrons. The standard InChI is InChI=1S/C21H22FN3OS/c1-2-3-4-13-26-19-11-5-16(6-12-19)14-23-25-21-24-20(15-27-21)17-7-9-18(22)10-8-17/h5-12,14-15H,2-4,13H2,1H3,(H,24,25)/b23-14-. The van der Waals surface area contributed by atoms with E-state index in [2.05, 4.69) is 22.4 Å². The Bertz CT molecular complexity index is 860. The fourth-order valence-corrected chi connectivity index (χ4v) is 3.10. The molecule has 0 saturated carbocycles. The number of hydrogen-bond acceptors (Lipinski definition) is 5. The van der Waals surface area contributed by atoms with Crippen LogP contribution in [0.15, 0.2) is 59.0 Å². The zero-order valence-corrected chi connectivity index (χ0v) is 16.0. The van der Waals surface area contributed by atoms with Gasteiger partial charge in [0, 0.05) is 10.9 Å². The molecule has 0 aliphatic rings. The number of halogens is 1. The summed E-state index contributed by atoms with van der Waals surface area (Å²) in [5.41, 5.74) is 5.57. The van der Waals surface area contributed by atoms with Gasteiger partial charge < -0.3 is 4.74 Å². The van der Waals surface area contributed by atoms with Crippen molar-refractivity contribution in [1.82, 2.24) is 4.98 Å². The average Bonchev–Trinajstić information content (AvgIpc) is 3.16. The highest BCUT2D eigenvalue weighted by atomic mass is 32.1. The number of rotatable bonds is 9. The van der Waals surface area contributed by atoms with Crippen molar-refractivity contribution in [3.05, 3.63) is 65.3 Å². The number of anilines is 1. The van der Waals surface area contributed by atoms with Crippen LogP contribution < -0.4 is 10.2 Å². The highest BCUT2D eigenvalue weighted by Crippen LogP contribution is 2.25. The summed E-state index contributed by atoms with van der Waals surface area (Å²) in [5.74, 6) is 0.620. The molecule has 0 aliphatic carbocycles. The summed E-state index contributed by atoms with van der Waals surface area (Å²) in [7, 11) is 0. The van der Waals surface area contributed by atoms with E-state index in [1.807, 2.05) is 29.6 Å². The molecule has 0 bridgehead atoms. The Hall–Kier alpha value is -2.73.